The molecule has 0 aliphatic carbocycles. The molecular weight excluding hydrogens is 306 g/mol. The molecule has 8 nitrogen and oxygen atoms in total. The minimum atomic E-state index is -0.565. The Labute approximate surface area is 129 Å². The van der Waals surface area contributed by atoms with Crippen molar-refractivity contribution >= 4 is 17.4 Å². The fourth-order valence-electron chi connectivity index (χ4n) is 1.75. The third-order valence-corrected chi connectivity index (χ3v) is 3.63. The highest BCUT2D eigenvalue weighted by Gasteiger charge is 2.11. The molecule has 0 aromatic carbocycles. The fraction of sp³-hybridized carbons (Fsp3) is 0.231. The Morgan fingerprint density at radius 1 is 1.50 bits per heavy atom. The molecule has 3 aromatic rings. The van der Waals surface area contributed by atoms with Crippen LogP contribution in [-0.4, -0.2) is 32.6 Å². The second-order valence-electron chi connectivity index (χ2n) is 4.34. The first-order valence-corrected chi connectivity index (χ1v) is 7.48. The maximum Gasteiger partial charge on any atom is 0.414 e. The van der Waals surface area contributed by atoms with Gasteiger partial charge in [0.15, 0.2) is 5.76 Å². The highest BCUT2D eigenvalue weighted by molar-refractivity contribution is 7.13. The summed E-state index contributed by atoms with van der Waals surface area (Å²) in [7, 11) is 0. The summed E-state index contributed by atoms with van der Waals surface area (Å²) < 4.78 is 11.9. The first-order valence-electron chi connectivity index (χ1n) is 6.60. The molecular formula is C13H13N5O3S. The Kier molecular flexibility index (Phi) is 4.44. The van der Waals surface area contributed by atoms with Crippen molar-refractivity contribution < 1.29 is 14.1 Å². The summed E-state index contributed by atoms with van der Waals surface area (Å²) in [5, 5.41) is 12.2. The maximum atomic E-state index is 11.6. The van der Waals surface area contributed by atoms with Gasteiger partial charge >= 0.3 is 6.09 Å². The second-order valence-corrected chi connectivity index (χ2v) is 5.28. The number of thiophene rings is 1. The van der Waals surface area contributed by atoms with Gasteiger partial charge in [0.25, 0.3) is 5.88 Å². The van der Waals surface area contributed by atoms with Crippen molar-refractivity contribution in [1.82, 2.24) is 25.2 Å². The summed E-state index contributed by atoms with van der Waals surface area (Å²) in [6.07, 6.45) is 3.25. The number of rotatable bonds is 6. The lowest BCUT2D eigenvalue weighted by Gasteiger charge is -2.03. The van der Waals surface area contributed by atoms with Crippen molar-refractivity contribution in [2.45, 2.75) is 13.0 Å². The van der Waals surface area contributed by atoms with Crippen LogP contribution < -0.4 is 10.1 Å². The molecule has 0 saturated heterocycles. The minimum absolute atomic E-state index is 0.136. The van der Waals surface area contributed by atoms with Gasteiger partial charge in [0, 0.05) is 13.1 Å². The molecule has 114 valence electrons. The van der Waals surface area contributed by atoms with E-state index in [1.807, 2.05) is 17.5 Å². The van der Waals surface area contributed by atoms with Crippen LogP contribution in [0.2, 0.25) is 0 Å². The molecule has 0 spiro atoms. The van der Waals surface area contributed by atoms with E-state index >= 15 is 0 Å². The molecule has 3 rings (SSSR count). The van der Waals surface area contributed by atoms with Crippen LogP contribution in [0.4, 0.5) is 4.79 Å². The van der Waals surface area contributed by atoms with Gasteiger partial charge in [-0.05, 0) is 23.0 Å². The highest BCUT2D eigenvalue weighted by Crippen LogP contribution is 2.27. The first kappa shape index (κ1) is 14.3. The van der Waals surface area contributed by atoms with Gasteiger partial charge in [-0.2, -0.15) is 5.10 Å². The Hall–Kier alpha value is -2.68. The SMILES string of the molecule is O=C(NCCCn1cncn1)Oc1cc(-c2cccs2)on1. The molecule has 0 saturated carbocycles. The molecule has 0 atom stereocenters. The van der Waals surface area contributed by atoms with Gasteiger partial charge in [0.05, 0.1) is 10.9 Å². The number of hydrogen-bond acceptors (Lipinski definition) is 7. The van der Waals surface area contributed by atoms with E-state index in [9.17, 15) is 4.79 Å². The Balaban J connectivity index is 1.42. The van der Waals surface area contributed by atoms with E-state index in [1.165, 1.54) is 17.7 Å². The van der Waals surface area contributed by atoms with Crippen LogP contribution in [0.15, 0.2) is 40.8 Å². The maximum absolute atomic E-state index is 11.6. The van der Waals surface area contributed by atoms with E-state index in [1.54, 1.807) is 17.1 Å². The van der Waals surface area contributed by atoms with Crippen LogP contribution in [0.5, 0.6) is 5.88 Å². The van der Waals surface area contributed by atoms with E-state index < -0.39 is 6.09 Å². The van der Waals surface area contributed by atoms with E-state index in [2.05, 4.69) is 20.6 Å². The Morgan fingerprint density at radius 2 is 2.45 bits per heavy atom. The van der Waals surface area contributed by atoms with Gasteiger partial charge in [-0.3, -0.25) is 4.68 Å². The molecule has 0 aliphatic rings. The lowest BCUT2D eigenvalue weighted by atomic mass is 10.4. The van der Waals surface area contributed by atoms with Crippen LogP contribution in [0.3, 0.4) is 0 Å². The highest BCUT2D eigenvalue weighted by atomic mass is 32.1. The quantitative estimate of drug-likeness (QED) is 0.700. The minimum Gasteiger partial charge on any atom is -0.388 e. The Bertz CT molecular complexity index is 708. The number of aromatic nitrogens is 4. The molecule has 9 heteroatoms. The van der Waals surface area contributed by atoms with Crippen molar-refractivity contribution in [3.05, 3.63) is 36.2 Å². The van der Waals surface area contributed by atoms with Crippen LogP contribution >= 0.6 is 11.3 Å². The summed E-state index contributed by atoms with van der Waals surface area (Å²) in [5.74, 6) is 0.709. The van der Waals surface area contributed by atoms with E-state index in [-0.39, 0.29) is 5.88 Å². The largest absolute Gasteiger partial charge is 0.414 e. The third-order valence-electron chi connectivity index (χ3n) is 2.75. The molecule has 0 radical (unpaired) electrons. The average Bonchev–Trinajstić information content (AvgIpc) is 3.24. The average molecular weight is 319 g/mol. The number of amides is 1. The van der Waals surface area contributed by atoms with Gasteiger partial charge in [0.2, 0.25) is 0 Å². The lowest BCUT2D eigenvalue weighted by Crippen LogP contribution is -2.28. The van der Waals surface area contributed by atoms with Crippen LogP contribution in [-0.2, 0) is 6.54 Å². The predicted molar refractivity (Wildman–Crippen MR) is 78.5 cm³/mol. The first-order chi connectivity index (χ1) is 10.8. The molecule has 3 heterocycles. The second kappa shape index (κ2) is 6.85. The summed E-state index contributed by atoms with van der Waals surface area (Å²) in [5.41, 5.74) is 0. The van der Waals surface area contributed by atoms with Gasteiger partial charge in [-0.1, -0.05) is 6.07 Å². The zero-order chi connectivity index (χ0) is 15.2. The van der Waals surface area contributed by atoms with Crippen LogP contribution in [0, 0.1) is 0 Å². The van der Waals surface area contributed by atoms with Crippen LogP contribution in [0.1, 0.15) is 6.42 Å². The fourth-order valence-corrected chi connectivity index (χ4v) is 2.43. The normalized spacial score (nSPS) is 10.5. The van der Waals surface area contributed by atoms with Crippen molar-refractivity contribution in [3.63, 3.8) is 0 Å². The molecule has 1 N–H and O–H groups in total. The zero-order valence-corrected chi connectivity index (χ0v) is 12.3. The smallest absolute Gasteiger partial charge is 0.388 e. The van der Waals surface area contributed by atoms with Gasteiger partial charge in [-0.15, -0.1) is 11.3 Å². The van der Waals surface area contributed by atoms with Gasteiger partial charge in [-0.25, -0.2) is 9.78 Å². The molecule has 0 unspecified atom stereocenters. The monoisotopic (exact) mass is 319 g/mol. The third kappa shape index (κ3) is 3.70. The predicted octanol–water partition coefficient (Wildman–Crippen LogP) is 2.17. The standard InChI is InChI=1S/C13H13N5O3S/c19-13(15-4-2-5-18-9-14-8-16-18)20-12-7-10(21-17-12)11-3-1-6-22-11/h1,3,6-9H,2,4-5H2,(H,15,19). The number of carbonyl (C=O) groups is 1. The van der Waals surface area contributed by atoms with Gasteiger partial charge < -0.3 is 14.6 Å². The van der Waals surface area contributed by atoms with Gasteiger partial charge in [0.1, 0.15) is 12.7 Å². The molecule has 0 fully saturated rings. The van der Waals surface area contributed by atoms with Crippen molar-refractivity contribution in [3.8, 4) is 16.5 Å². The van der Waals surface area contributed by atoms with Crippen molar-refractivity contribution in [2.24, 2.45) is 0 Å². The molecule has 22 heavy (non-hydrogen) atoms. The topological polar surface area (TPSA) is 95.1 Å². The molecule has 0 bridgehead atoms. The van der Waals surface area contributed by atoms with E-state index in [0.29, 0.717) is 18.8 Å². The number of carbonyl (C=O) groups excluding carboxylic acids is 1. The summed E-state index contributed by atoms with van der Waals surface area (Å²) in [6.45, 7) is 1.14. The van der Waals surface area contributed by atoms with Crippen molar-refractivity contribution in [1.29, 1.82) is 0 Å². The Morgan fingerprint density at radius 3 is 3.23 bits per heavy atom. The lowest BCUT2D eigenvalue weighted by molar-refractivity contribution is 0.195. The number of hydrogen-bond donors (Lipinski definition) is 1. The van der Waals surface area contributed by atoms with E-state index in [0.717, 1.165) is 11.3 Å². The molecule has 3 aromatic heterocycles. The summed E-state index contributed by atoms with van der Waals surface area (Å²) >= 11 is 1.52. The number of ether oxygens (including phenoxy) is 1. The van der Waals surface area contributed by atoms with Crippen molar-refractivity contribution in [2.75, 3.05) is 6.54 Å². The molecule has 0 aliphatic heterocycles. The van der Waals surface area contributed by atoms with Crippen LogP contribution in [0.25, 0.3) is 10.6 Å². The summed E-state index contributed by atoms with van der Waals surface area (Å²) in [6, 6.07) is 5.39. The summed E-state index contributed by atoms with van der Waals surface area (Å²) in [4.78, 5) is 16.4. The molecule has 1 amide bonds. The zero-order valence-electron chi connectivity index (χ0n) is 11.5. The van der Waals surface area contributed by atoms with E-state index in [4.69, 9.17) is 9.26 Å². The number of nitrogens with one attached hydrogen (secondary N) is 1. The number of aryl methyl sites for hydroxylation is 1. The number of nitrogens with zero attached hydrogens (tertiary/aromatic N) is 4.